The third kappa shape index (κ3) is 2.23. The first kappa shape index (κ1) is 13.7. The molecule has 0 amide bonds. The quantitative estimate of drug-likeness (QED) is 0.859. The van der Waals surface area contributed by atoms with Crippen LogP contribution in [-0.4, -0.2) is 9.78 Å². The minimum Gasteiger partial charge on any atom is -0.321 e. The Hall–Kier alpha value is -0.750. The number of rotatable bonds is 1. The van der Waals surface area contributed by atoms with Crippen LogP contribution < -0.4 is 5.73 Å². The summed E-state index contributed by atoms with van der Waals surface area (Å²) >= 11 is 5.96. The second-order valence-corrected chi connectivity index (χ2v) is 5.21. The minimum absolute atomic E-state index is 0.00766. The summed E-state index contributed by atoms with van der Waals surface area (Å²) < 4.78 is 40.0. The van der Waals surface area contributed by atoms with E-state index in [1.165, 1.54) is 7.05 Å². The molecule has 0 bridgehead atoms. The Labute approximate surface area is 108 Å². The van der Waals surface area contributed by atoms with Gasteiger partial charge in [-0.25, -0.2) is 0 Å². The maximum atomic E-state index is 13.0. The summed E-state index contributed by atoms with van der Waals surface area (Å²) in [6.45, 7) is 0. The van der Waals surface area contributed by atoms with Crippen molar-refractivity contribution in [2.75, 3.05) is 0 Å². The van der Waals surface area contributed by atoms with Gasteiger partial charge in [0.15, 0.2) is 5.69 Å². The van der Waals surface area contributed by atoms with Gasteiger partial charge in [0, 0.05) is 18.2 Å². The van der Waals surface area contributed by atoms with Gasteiger partial charge >= 0.3 is 6.18 Å². The van der Waals surface area contributed by atoms with Gasteiger partial charge in [-0.1, -0.05) is 30.9 Å². The lowest BCUT2D eigenvalue weighted by molar-refractivity contribution is -0.142. The van der Waals surface area contributed by atoms with Crippen LogP contribution in [-0.2, 0) is 18.8 Å². The second-order valence-electron chi connectivity index (χ2n) is 4.85. The topological polar surface area (TPSA) is 43.8 Å². The molecule has 1 fully saturated rings. The lowest BCUT2D eigenvalue weighted by Gasteiger charge is -2.34. The summed E-state index contributed by atoms with van der Waals surface area (Å²) in [6, 6.07) is 0. The molecule has 0 saturated heterocycles. The fourth-order valence-corrected chi connectivity index (χ4v) is 2.89. The zero-order chi connectivity index (χ0) is 13.6. The van der Waals surface area contributed by atoms with Crippen molar-refractivity contribution >= 4 is 11.6 Å². The Bertz CT molecular complexity index is 447. The van der Waals surface area contributed by atoms with E-state index in [-0.39, 0.29) is 10.7 Å². The summed E-state index contributed by atoms with van der Waals surface area (Å²) in [6.07, 6.45) is -0.858. The second kappa shape index (κ2) is 4.42. The van der Waals surface area contributed by atoms with Gasteiger partial charge in [0.2, 0.25) is 0 Å². The molecule has 0 aromatic carbocycles. The Morgan fingerprint density at radius 3 is 2.33 bits per heavy atom. The smallest absolute Gasteiger partial charge is 0.321 e. The SMILES string of the molecule is Cn1nc(C(F)(F)F)c(C2(N)CCCCC2)c1Cl. The fraction of sp³-hybridized carbons (Fsp3) is 0.727. The van der Waals surface area contributed by atoms with Crippen molar-refractivity contribution in [3.05, 3.63) is 16.4 Å². The van der Waals surface area contributed by atoms with Crippen LogP contribution >= 0.6 is 11.6 Å². The van der Waals surface area contributed by atoms with Crippen molar-refractivity contribution < 1.29 is 13.2 Å². The van der Waals surface area contributed by atoms with Gasteiger partial charge in [-0.15, -0.1) is 0 Å². The molecule has 1 aliphatic rings. The van der Waals surface area contributed by atoms with Crippen molar-refractivity contribution in [1.29, 1.82) is 0 Å². The van der Waals surface area contributed by atoms with Crippen molar-refractivity contribution in [3.63, 3.8) is 0 Å². The summed E-state index contributed by atoms with van der Waals surface area (Å²) in [5.41, 5.74) is 4.16. The van der Waals surface area contributed by atoms with E-state index < -0.39 is 17.4 Å². The van der Waals surface area contributed by atoms with Crippen molar-refractivity contribution in [2.45, 2.75) is 43.8 Å². The number of nitrogens with zero attached hydrogens (tertiary/aromatic N) is 2. The molecule has 1 aliphatic carbocycles. The highest BCUT2D eigenvalue weighted by atomic mass is 35.5. The minimum atomic E-state index is -4.52. The molecule has 0 unspecified atom stereocenters. The standard InChI is InChI=1S/C11H15ClF3N3/c1-18-9(12)7(8(17-18)11(13,14)15)10(16)5-3-2-4-6-10/h2-6,16H2,1H3. The van der Waals surface area contributed by atoms with E-state index in [9.17, 15) is 13.2 Å². The lowest BCUT2D eigenvalue weighted by Crippen LogP contribution is -2.40. The molecule has 3 nitrogen and oxygen atoms in total. The fourth-order valence-electron chi connectivity index (χ4n) is 2.58. The third-order valence-corrected chi connectivity index (χ3v) is 3.92. The average Bonchev–Trinajstić information content (AvgIpc) is 2.57. The number of aryl methyl sites for hydroxylation is 1. The molecule has 1 heterocycles. The summed E-state index contributed by atoms with van der Waals surface area (Å²) in [4.78, 5) is 0. The van der Waals surface area contributed by atoms with Gasteiger partial charge in [-0.05, 0) is 12.8 Å². The highest BCUT2D eigenvalue weighted by Crippen LogP contribution is 2.44. The first-order chi connectivity index (χ1) is 8.26. The zero-order valence-electron chi connectivity index (χ0n) is 10.0. The molecule has 18 heavy (non-hydrogen) atoms. The van der Waals surface area contributed by atoms with Crippen LogP contribution in [0.1, 0.15) is 43.4 Å². The Morgan fingerprint density at radius 1 is 1.28 bits per heavy atom. The molecule has 0 aliphatic heterocycles. The number of nitrogens with two attached hydrogens (primary N) is 1. The van der Waals surface area contributed by atoms with Gasteiger partial charge in [-0.2, -0.15) is 18.3 Å². The zero-order valence-corrected chi connectivity index (χ0v) is 10.8. The predicted molar refractivity (Wildman–Crippen MR) is 62.2 cm³/mol. The monoisotopic (exact) mass is 281 g/mol. The molecule has 0 radical (unpaired) electrons. The van der Waals surface area contributed by atoms with Crippen LogP contribution in [0.4, 0.5) is 13.2 Å². The number of aromatic nitrogens is 2. The number of alkyl halides is 3. The predicted octanol–water partition coefficient (Wildman–Crippen LogP) is 3.21. The molecular formula is C11H15ClF3N3. The third-order valence-electron chi connectivity index (χ3n) is 3.49. The first-order valence-corrected chi connectivity index (χ1v) is 6.22. The van der Waals surface area contributed by atoms with Crippen molar-refractivity contribution in [3.8, 4) is 0 Å². The molecule has 1 saturated carbocycles. The van der Waals surface area contributed by atoms with Crippen LogP contribution in [0.2, 0.25) is 5.15 Å². The Balaban J connectivity index is 2.55. The van der Waals surface area contributed by atoms with E-state index in [0.717, 1.165) is 23.9 Å². The maximum Gasteiger partial charge on any atom is 0.435 e. The van der Waals surface area contributed by atoms with Crippen LogP contribution in [0.15, 0.2) is 0 Å². The van der Waals surface area contributed by atoms with E-state index in [4.69, 9.17) is 17.3 Å². The van der Waals surface area contributed by atoms with Gasteiger partial charge in [0.25, 0.3) is 0 Å². The highest BCUT2D eigenvalue weighted by Gasteiger charge is 2.45. The van der Waals surface area contributed by atoms with Crippen LogP contribution in [0.25, 0.3) is 0 Å². The van der Waals surface area contributed by atoms with Gasteiger partial charge in [0.1, 0.15) is 5.15 Å². The van der Waals surface area contributed by atoms with Crippen LogP contribution in [0, 0.1) is 0 Å². The largest absolute Gasteiger partial charge is 0.435 e. The molecule has 7 heteroatoms. The van der Waals surface area contributed by atoms with E-state index in [1.807, 2.05) is 0 Å². The summed E-state index contributed by atoms with van der Waals surface area (Å²) in [5, 5.41) is 3.47. The van der Waals surface area contributed by atoms with Crippen LogP contribution in [0.5, 0.6) is 0 Å². The van der Waals surface area contributed by atoms with Gasteiger partial charge in [0.05, 0.1) is 0 Å². The summed E-state index contributed by atoms with van der Waals surface area (Å²) in [7, 11) is 1.40. The van der Waals surface area contributed by atoms with Gasteiger partial charge < -0.3 is 5.73 Å². The molecule has 0 spiro atoms. The number of halogens is 4. The van der Waals surface area contributed by atoms with Crippen molar-refractivity contribution in [1.82, 2.24) is 9.78 Å². The van der Waals surface area contributed by atoms with Crippen molar-refractivity contribution in [2.24, 2.45) is 12.8 Å². The first-order valence-electron chi connectivity index (χ1n) is 5.85. The lowest BCUT2D eigenvalue weighted by atomic mass is 9.77. The molecule has 102 valence electrons. The maximum absolute atomic E-state index is 13.0. The number of hydrogen-bond donors (Lipinski definition) is 1. The van der Waals surface area contributed by atoms with E-state index in [1.54, 1.807) is 0 Å². The average molecular weight is 282 g/mol. The Kier molecular flexibility index (Phi) is 3.36. The Morgan fingerprint density at radius 2 is 1.83 bits per heavy atom. The summed E-state index contributed by atoms with van der Waals surface area (Å²) in [5.74, 6) is 0. The molecule has 1 aromatic rings. The normalized spacial score (nSPS) is 20.1. The number of hydrogen-bond acceptors (Lipinski definition) is 2. The van der Waals surface area contributed by atoms with E-state index >= 15 is 0 Å². The van der Waals surface area contributed by atoms with E-state index in [0.29, 0.717) is 12.8 Å². The molecule has 0 atom stereocenters. The van der Waals surface area contributed by atoms with Gasteiger partial charge in [-0.3, -0.25) is 4.68 Å². The highest BCUT2D eigenvalue weighted by molar-refractivity contribution is 6.30. The molecule has 2 N–H and O–H groups in total. The van der Waals surface area contributed by atoms with Crippen LogP contribution in [0.3, 0.4) is 0 Å². The molecule has 1 aromatic heterocycles. The van der Waals surface area contributed by atoms with E-state index in [2.05, 4.69) is 5.10 Å². The molecule has 2 rings (SSSR count). The molecular weight excluding hydrogens is 267 g/mol.